The van der Waals surface area contributed by atoms with E-state index in [2.05, 4.69) is 10.1 Å². The first-order valence-electron chi connectivity index (χ1n) is 8.02. The molecule has 1 atom stereocenters. The summed E-state index contributed by atoms with van der Waals surface area (Å²) in [7, 11) is 0. The number of benzene rings is 1. The van der Waals surface area contributed by atoms with Crippen LogP contribution in [0.4, 0.5) is 0 Å². The molecule has 1 fully saturated rings. The van der Waals surface area contributed by atoms with Gasteiger partial charge in [0.25, 0.3) is 0 Å². The molecule has 7 heteroatoms. The van der Waals surface area contributed by atoms with Crippen molar-refractivity contribution < 1.29 is 14.1 Å². The largest absolute Gasteiger partial charge is 0.367 e. The molecule has 3 rings (SSSR count). The fraction of sp³-hybridized carbons (Fsp3) is 0.471. The van der Waals surface area contributed by atoms with E-state index in [0.29, 0.717) is 29.9 Å². The lowest BCUT2D eigenvalue weighted by Crippen LogP contribution is -2.41. The lowest BCUT2D eigenvalue weighted by Gasteiger charge is -2.31. The molecule has 0 bridgehead atoms. The van der Waals surface area contributed by atoms with Crippen molar-refractivity contribution >= 4 is 17.5 Å². The number of amides is 1. The van der Waals surface area contributed by atoms with E-state index in [1.54, 1.807) is 11.8 Å². The lowest BCUT2D eigenvalue weighted by molar-refractivity contribution is -0.137. The molecular weight excluding hydrogens is 330 g/mol. The Morgan fingerprint density at radius 1 is 1.46 bits per heavy atom. The van der Waals surface area contributed by atoms with E-state index < -0.39 is 0 Å². The van der Waals surface area contributed by atoms with Crippen LogP contribution in [0, 0.1) is 6.92 Å². The first-order valence-corrected chi connectivity index (χ1v) is 8.40. The summed E-state index contributed by atoms with van der Waals surface area (Å²) in [6, 6.07) is 7.46. The highest BCUT2D eigenvalue weighted by Crippen LogP contribution is 2.25. The summed E-state index contributed by atoms with van der Waals surface area (Å²) in [5, 5.41) is 4.47. The molecule has 6 nitrogen and oxygen atoms in total. The summed E-state index contributed by atoms with van der Waals surface area (Å²) in [4.78, 5) is 18.4. The van der Waals surface area contributed by atoms with Crippen molar-refractivity contribution in [3.63, 3.8) is 0 Å². The molecular formula is C17H20ClN3O3. The molecule has 0 unspecified atom stereocenters. The Bertz CT molecular complexity index is 704. The van der Waals surface area contributed by atoms with Crippen molar-refractivity contribution in [2.45, 2.75) is 32.3 Å². The van der Waals surface area contributed by atoms with Crippen LogP contribution in [0.1, 0.15) is 36.0 Å². The summed E-state index contributed by atoms with van der Waals surface area (Å²) < 4.78 is 10.8. The SMILES string of the molecule is Cc1noc([C@@H]2CCCN(C(=O)COCc3ccccc3Cl)C2)n1. The molecule has 2 aromatic rings. The van der Waals surface area contributed by atoms with E-state index >= 15 is 0 Å². The van der Waals surface area contributed by atoms with Crippen LogP contribution in [-0.4, -0.2) is 40.6 Å². The van der Waals surface area contributed by atoms with Crippen LogP contribution < -0.4 is 0 Å². The smallest absolute Gasteiger partial charge is 0.248 e. The highest BCUT2D eigenvalue weighted by Gasteiger charge is 2.28. The van der Waals surface area contributed by atoms with Crippen molar-refractivity contribution in [2.75, 3.05) is 19.7 Å². The van der Waals surface area contributed by atoms with Crippen molar-refractivity contribution in [2.24, 2.45) is 0 Å². The summed E-state index contributed by atoms with van der Waals surface area (Å²) in [6.45, 7) is 3.49. The standard InChI is InChI=1S/C17H20ClN3O3/c1-12-19-17(24-20-12)13-6-4-8-21(9-13)16(22)11-23-10-14-5-2-3-7-15(14)18/h2-3,5,7,13H,4,6,8-11H2,1H3/t13-/m1/s1. The third-order valence-electron chi connectivity index (χ3n) is 4.11. The monoisotopic (exact) mass is 349 g/mol. The number of nitrogens with zero attached hydrogens (tertiary/aromatic N) is 3. The zero-order valence-corrected chi connectivity index (χ0v) is 14.3. The second-order valence-corrected chi connectivity index (χ2v) is 6.35. The number of hydrogen-bond donors (Lipinski definition) is 0. The fourth-order valence-electron chi connectivity index (χ4n) is 2.84. The maximum atomic E-state index is 12.4. The lowest BCUT2D eigenvalue weighted by atomic mass is 9.98. The van der Waals surface area contributed by atoms with Gasteiger partial charge in [-0.3, -0.25) is 4.79 Å². The molecule has 24 heavy (non-hydrogen) atoms. The molecule has 128 valence electrons. The minimum atomic E-state index is -0.0250. The van der Waals surface area contributed by atoms with Crippen molar-refractivity contribution in [3.05, 3.63) is 46.6 Å². The van der Waals surface area contributed by atoms with E-state index in [9.17, 15) is 4.79 Å². The van der Waals surface area contributed by atoms with Crippen LogP contribution in [0.25, 0.3) is 0 Å². The van der Waals surface area contributed by atoms with Gasteiger partial charge in [-0.1, -0.05) is 35.0 Å². The van der Waals surface area contributed by atoms with E-state index in [1.165, 1.54) is 0 Å². The molecule has 0 N–H and O–H groups in total. The molecule has 0 aliphatic carbocycles. The Morgan fingerprint density at radius 3 is 3.04 bits per heavy atom. The van der Waals surface area contributed by atoms with Crippen molar-refractivity contribution in [1.29, 1.82) is 0 Å². The number of aromatic nitrogens is 2. The van der Waals surface area contributed by atoms with Crippen LogP contribution in [0.15, 0.2) is 28.8 Å². The third-order valence-corrected chi connectivity index (χ3v) is 4.48. The Kier molecular flexibility index (Phi) is 5.48. The normalized spacial score (nSPS) is 17.9. The van der Waals surface area contributed by atoms with Crippen LogP contribution in [0.3, 0.4) is 0 Å². The number of aryl methyl sites for hydroxylation is 1. The zero-order valence-electron chi connectivity index (χ0n) is 13.6. The van der Waals surface area contributed by atoms with Gasteiger partial charge >= 0.3 is 0 Å². The molecule has 1 amide bonds. The quantitative estimate of drug-likeness (QED) is 0.830. The molecule has 1 aliphatic heterocycles. The predicted molar refractivity (Wildman–Crippen MR) is 88.7 cm³/mol. The van der Waals surface area contributed by atoms with Gasteiger partial charge in [-0.2, -0.15) is 4.98 Å². The number of likely N-dealkylation sites (tertiary alicyclic amines) is 1. The number of halogens is 1. The number of piperidine rings is 1. The maximum absolute atomic E-state index is 12.4. The Labute approximate surface area is 145 Å². The third kappa shape index (κ3) is 4.13. The predicted octanol–water partition coefficient (Wildman–Crippen LogP) is 2.95. The first kappa shape index (κ1) is 16.9. The molecule has 1 aromatic carbocycles. The Hall–Kier alpha value is -1.92. The van der Waals surface area contributed by atoms with E-state index in [-0.39, 0.29) is 18.4 Å². The second kappa shape index (κ2) is 7.77. The summed E-state index contributed by atoms with van der Waals surface area (Å²) in [6.07, 6.45) is 1.87. The highest BCUT2D eigenvalue weighted by molar-refractivity contribution is 6.31. The summed E-state index contributed by atoms with van der Waals surface area (Å²) in [5.74, 6) is 1.31. The van der Waals surface area contributed by atoms with Gasteiger partial charge in [-0.15, -0.1) is 0 Å². The molecule has 2 heterocycles. The van der Waals surface area contributed by atoms with Gasteiger partial charge in [0.15, 0.2) is 5.82 Å². The highest BCUT2D eigenvalue weighted by atomic mass is 35.5. The topological polar surface area (TPSA) is 68.5 Å². The summed E-state index contributed by atoms with van der Waals surface area (Å²) in [5.41, 5.74) is 0.879. The van der Waals surface area contributed by atoms with E-state index in [0.717, 1.165) is 24.9 Å². The number of carbonyl (C=O) groups excluding carboxylic acids is 1. The Morgan fingerprint density at radius 2 is 2.29 bits per heavy atom. The van der Waals surface area contributed by atoms with Crippen LogP contribution in [0.2, 0.25) is 5.02 Å². The van der Waals surface area contributed by atoms with Gasteiger partial charge in [0.1, 0.15) is 6.61 Å². The Balaban J connectivity index is 1.50. The van der Waals surface area contributed by atoms with Gasteiger partial charge in [0.05, 0.1) is 12.5 Å². The van der Waals surface area contributed by atoms with Crippen molar-refractivity contribution in [1.82, 2.24) is 15.0 Å². The van der Waals surface area contributed by atoms with Gasteiger partial charge in [0, 0.05) is 18.1 Å². The zero-order chi connectivity index (χ0) is 16.9. The van der Waals surface area contributed by atoms with Gasteiger partial charge in [0.2, 0.25) is 11.8 Å². The first-order chi connectivity index (χ1) is 11.6. The van der Waals surface area contributed by atoms with E-state index in [4.69, 9.17) is 20.9 Å². The summed E-state index contributed by atoms with van der Waals surface area (Å²) >= 11 is 6.08. The molecule has 1 aliphatic rings. The molecule has 1 aromatic heterocycles. The molecule has 1 saturated heterocycles. The number of rotatable bonds is 5. The van der Waals surface area contributed by atoms with Crippen molar-refractivity contribution in [3.8, 4) is 0 Å². The fourth-order valence-corrected chi connectivity index (χ4v) is 3.03. The maximum Gasteiger partial charge on any atom is 0.248 e. The van der Waals surface area contributed by atoms with Crippen LogP contribution in [0.5, 0.6) is 0 Å². The van der Waals surface area contributed by atoms with Crippen LogP contribution in [-0.2, 0) is 16.1 Å². The molecule has 0 saturated carbocycles. The van der Waals surface area contributed by atoms with Gasteiger partial charge in [-0.25, -0.2) is 0 Å². The molecule has 0 spiro atoms. The molecule has 0 radical (unpaired) electrons. The van der Waals surface area contributed by atoms with Gasteiger partial charge in [-0.05, 0) is 31.4 Å². The number of hydrogen-bond acceptors (Lipinski definition) is 5. The average molecular weight is 350 g/mol. The van der Waals surface area contributed by atoms with Gasteiger partial charge < -0.3 is 14.2 Å². The number of carbonyl (C=O) groups is 1. The minimum absolute atomic E-state index is 0.0250. The minimum Gasteiger partial charge on any atom is -0.367 e. The number of ether oxygens (including phenoxy) is 1. The second-order valence-electron chi connectivity index (χ2n) is 5.94. The van der Waals surface area contributed by atoms with Crippen LogP contribution >= 0.6 is 11.6 Å². The van der Waals surface area contributed by atoms with E-state index in [1.807, 2.05) is 24.3 Å². The average Bonchev–Trinajstić information content (AvgIpc) is 3.03.